The molecule has 4 rings (SSSR count). The van der Waals surface area contributed by atoms with Crippen LogP contribution in [0.15, 0.2) is 49.2 Å². The number of aromatic nitrogens is 6. The maximum atomic E-state index is 13.1. The van der Waals surface area contributed by atoms with Gasteiger partial charge in [0.05, 0.1) is 23.3 Å². The molecule has 0 radical (unpaired) electrons. The Morgan fingerprint density at radius 3 is 2.75 bits per heavy atom. The average molecular weight is 431 g/mol. The number of nitrogens with zero attached hydrogens (tertiary/aromatic N) is 6. The molecule has 0 saturated carbocycles. The van der Waals surface area contributed by atoms with Crippen molar-refractivity contribution in [2.24, 2.45) is 0 Å². The van der Waals surface area contributed by atoms with Crippen LogP contribution in [0.3, 0.4) is 0 Å². The van der Waals surface area contributed by atoms with Crippen molar-refractivity contribution < 1.29 is 4.79 Å². The Balaban J connectivity index is 1.63. The molecule has 3 N–H and O–H groups in total. The number of benzene rings is 1. The smallest absolute Gasteiger partial charge is 0.258 e. The number of imidazole rings is 1. The van der Waals surface area contributed by atoms with Crippen LogP contribution in [0.4, 0.5) is 11.5 Å². The second-order valence-electron chi connectivity index (χ2n) is 7.87. The van der Waals surface area contributed by atoms with E-state index in [0.717, 1.165) is 23.4 Å². The van der Waals surface area contributed by atoms with E-state index >= 15 is 0 Å². The summed E-state index contributed by atoms with van der Waals surface area (Å²) in [6, 6.07) is 9.14. The maximum absolute atomic E-state index is 13.1. The highest BCUT2D eigenvalue weighted by molar-refractivity contribution is 6.08. The summed E-state index contributed by atoms with van der Waals surface area (Å²) in [6.07, 6.45) is 6.20. The van der Waals surface area contributed by atoms with Crippen LogP contribution in [-0.4, -0.2) is 35.2 Å². The fourth-order valence-electron chi connectivity index (χ4n) is 3.49. The summed E-state index contributed by atoms with van der Waals surface area (Å²) in [4.78, 5) is 22.0. The maximum Gasteiger partial charge on any atom is 0.258 e. The first kappa shape index (κ1) is 21.2. The predicted molar refractivity (Wildman–Crippen MR) is 124 cm³/mol. The van der Waals surface area contributed by atoms with Crippen LogP contribution in [0.25, 0.3) is 17.2 Å². The molecule has 9 nitrogen and oxygen atoms in total. The lowest BCUT2D eigenvalue weighted by molar-refractivity contribution is 0.102. The number of pyridine rings is 1. The van der Waals surface area contributed by atoms with Crippen LogP contribution in [0.1, 0.15) is 48.4 Å². The molecule has 4 aromatic rings. The van der Waals surface area contributed by atoms with Crippen LogP contribution >= 0.6 is 0 Å². The van der Waals surface area contributed by atoms with Crippen molar-refractivity contribution in [3.63, 3.8) is 0 Å². The van der Waals surface area contributed by atoms with Gasteiger partial charge in [-0.25, -0.2) is 9.97 Å². The largest absolute Gasteiger partial charge is 0.398 e. The molecule has 0 atom stereocenters. The monoisotopic (exact) mass is 430 g/mol. The van der Waals surface area contributed by atoms with Crippen LogP contribution in [-0.2, 0) is 6.42 Å². The SMILES string of the molecule is CCc1cn(-c2cc(C(=O)Nc3cccc(-c4nncn4C(C)C)n3)c(N)cc2C)cn1. The number of hydrogen-bond acceptors (Lipinski definition) is 6. The van der Waals surface area contributed by atoms with E-state index in [-0.39, 0.29) is 11.9 Å². The van der Waals surface area contributed by atoms with Crippen molar-refractivity contribution in [1.29, 1.82) is 0 Å². The molecule has 0 bridgehead atoms. The lowest BCUT2D eigenvalue weighted by atomic mass is 10.1. The van der Waals surface area contributed by atoms with E-state index in [1.807, 2.05) is 55.2 Å². The number of carbonyl (C=O) groups excluding carboxylic acids is 1. The van der Waals surface area contributed by atoms with Crippen molar-refractivity contribution in [2.75, 3.05) is 11.1 Å². The van der Waals surface area contributed by atoms with Gasteiger partial charge in [-0.1, -0.05) is 13.0 Å². The first-order valence-electron chi connectivity index (χ1n) is 10.5. The highest BCUT2D eigenvalue weighted by Crippen LogP contribution is 2.24. The molecule has 0 saturated heterocycles. The molecule has 0 aliphatic carbocycles. The van der Waals surface area contributed by atoms with Crippen molar-refractivity contribution in [3.8, 4) is 17.2 Å². The predicted octanol–water partition coefficient (Wildman–Crippen LogP) is 3.81. The van der Waals surface area contributed by atoms with Gasteiger partial charge in [0.15, 0.2) is 5.82 Å². The van der Waals surface area contributed by atoms with Crippen LogP contribution < -0.4 is 11.1 Å². The van der Waals surface area contributed by atoms with E-state index in [9.17, 15) is 4.79 Å². The van der Waals surface area contributed by atoms with E-state index in [2.05, 4.69) is 25.5 Å². The molecule has 32 heavy (non-hydrogen) atoms. The molecule has 0 fully saturated rings. The Labute approximate surface area is 186 Å². The number of rotatable bonds is 6. The summed E-state index contributed by atoms with van der Waals surface area (Å²) in [7, 11) is 0. The van der Waals surface area contributed by atoms with Crippen LogP contribution in [0.5, 0.6) is 0 Å². The Bertz CT molecular complexity index is 1270. The second-order valence-corrected chi connectivity index (χ2v) is 7.87. The summed E-state index contributed by atoms with van der Waals surface area (Å²) in [5.41, 5.74) is 10.4. The topological polar surface area (TPSA) is 117 Å². The van der Waals surface area contributed by atoms with E-state index < -0.39 is 0 Å². The van der Waals surface area contributed by atoms with Gasteiger partial charge in [-0.15, -0.1) is 10.2 Å². The number of aryl methyl sites for hydroxylation is 2. The van der Waals surface area contributed by atoms with Gasteiger partial charge in [-0.05, 0) is 57.0 Å². The fourth-order valence-corrected chi connectivity index (χ4v) is 3.49. The Morgan fingerprint density at radius 1 is 1.22 bits per heavy atom. The zero-order chi connectivity index (χ0) is 22.8. The number of nitrogen functional groups attached to an aromatic ring is 1. The zero-order valence-electron chi connectivity index (χ0n) is 18.6. The minimum absolute atomic E-state index is 0.183. The molecule has 3 heterocycles. The molecule has 0 spiro atoms. The molecule has 9 heteroatoms. The normalized spacial score (nSPS) is 11.2. The minimum atomic E-state index is -0.338. The van der Waals surface area contributed by atoms with E-state index in [1.54, 1.807) is 30.9 Å². The average Bonchev–Trinajstić information content (AvgIpc) is 3.44. The zero-order valence-corrected chi connectivity index (χ0v) is 18.6. The lowest BCUT2D eigenvalue weighted by Crippen LogP contribution is -2.16. The summed E-state index contributed by atoms with van der Waals surface area (Å²) < 4.78 is 3.83. The van der Waals surface area contributed by atoms with Crippen LogP contribution in [0, 0.1) is 6.92 Å². The highest BCUT2D eigenvalue weighted by Gasteiger charge is 2.16. The van der Waals surface area contributed by atoms with Gasteiger partial charge in [0.2, 0.25) is 0 Å². The third kappa shape index (κ3) is 4.09. The standard InChI is InChI=1S/C23H26N8O/c1-5-16-11-30(12-25-16)20-10-17(18(24)9-15(20)4)23(32)28-21-8-6-7-19(27-21)22-29-26-13-31(22)14(2)3/h6-14H,5,24H2,1-4H3,(H,27,28,32). The molecule has 1 amide bonds. The van der Waals surface area contributed by atoms with Crippen molar-refractivity contribution in [3.05, 3.63) is 66.0 Å². The second kappa shape index (κ2) is 8.62. The van der Waals surface area contributed by atoms with Gasteiger partial charge in [0.25, 0.3) is 5.91 Å². The number of hydrogen-bond donors (Lipinski definition) is 2. The van der Waals surface area contributed by atoms with Gasteiger partial charge in [0, 0.05) is 17.9 Å². The van der Waals surface area contributed by atoms with Crippen molar-refractivity contribution in [1.82, 2.24) is 29.3 Å². The summed E-state index contributed by atoms with van der Waals surface area (Å²) >= 11 is 0. The number of amides is 1. The summed E-state index contributed by atoms with van der Waals surface area (Å²) in [6.45, 7) is 8.08. The summed E-state index contributed by atoms with van der Waals surface area (Å²) in [5.74, 6) is 0.706. The molecule has 1 aromatic carbocycles. The van der Waals surface area contributed by atoms with E-state index in [0.29, 0.717) is 28.6 Å². The van der Waals surface area contributed by atoms with Crippen molar-refractivity contribution in [2.45, 2.75) is 40.2 Å². The molecular weight excluding hydrogens is 404 g/mol. The molecule has 0 aliphatic rings. The Kier molecular flexibility index (Phi) is 5.72. The number of carbonyl (C=O) groups is 1. The Morgan fingerprint density at radius 2 is 2.03 bits per heavy atom. The first-order valence-corrected chi connectivity index (χ1v) is 10.5. The van der Waals surface area contributed by atoms with Gasteiger partial charge in [-0.2, -0.15) is 0 Å². The van der Waals surface area contributed by atoms with Gasteiger partial charge in [0.1, 0.15) is 17.8 Å². The van der Waals surface area contributed by atoms with E-state index in [1.165, 1.54) is 0 Å². The third-order valence-electron chi connectivity index (χ3n) is 5.24. The van der Waals surface area contributed by atoms with Gasteiger partial charge < -0.3 is 20.2 Å². The van der Waals surface area contributed by atoms with Crippen molar-refractivity contribution >= 4 is 17.4 Å². The minimum Gasteiger partial charge on any atom is -0.398 e. The summed E-state index contributed by atoms with van der Waals surface area (Å²) in [5, 5.41) is 11.0. The highest BCUT2D eigenvalue weighted by atomic mass is 16.1. The molecule has 0 unspecified atom stereocenters. The molecule has 164 valence electrons. The number of nitrogens with two attached hydrogens (primary N) is 1. The lowest BCUT2D eigenvalue weighted by Gasteiger charge is -2.13. The first-order chi connectivity index (χ1) is 15.4. The van der Waals surface area contributed by atoms with Gasteiger partial charge >= 0.3 is 0 Å². The molecule has 3 aromatic heterocycles. The van der Waals surface area contributed by atoms with Crippen LogP contribution in [0.2, 0.25) is 0 Å². The fraction of sp³-hybridized carbons (Fsp3) is 0.261. The number of nitrogens with one attached hydrogen (secondary N) is 1. The van der Waals surface area contributed by atoms with E-state index in [4.69, 9.17) is 5.73 Å². The number of anilines is 2. The quantitative estimate of drug-likeness (QED) is 0.449. The Hall–Kier alpha value is -4.01. The molecular formula is C23H26N8O. The van der Waals surface area contributed by atoms with Gasteiger partial charge in [-0.3, -0.25) is 4.79 Å². The third-order valence-corrected chi connectivity index (χ3v) is 5.24. The molecule has 0 aliphatic heterocycles.